The summed E-state index contributed by atoms with van der Waals surface area (Å²) in [6.07, 6.45) is 1.83. The summed E-state index contributed by atoms with van der Waals surface area (Å²) in [7, 11) is 0. The molecule has 50 heavy (non-hydrogen) atoms. The van der Waals surface area contributed by atoms with Gasteiger partial charge < -0.3 is 4.57 Å². The Balaban J connectivity index is 0.956. The minimum Gasteiger partial charge on any atom is -0.309 e. The van der Waals surface area contributed by atoms with Crippen LogP contribution in [0.4, 0.5) is 0 Å². The lowest BCUT2D eigenvalue weighted by Crippen LogP contribution is -2.14. The first-order chi connectivity index (χ1) is 24.4. The predicted molar refractivity (Wildman–Crippen MR) is 215 cm³/mol. The summed E-state index contributed by atoms with van der Waals surface area (Å²) in [6.45, 7) is 4.60. The molecule has 6 aromatic carbocycles. The third-order valence-corrected chi connectivity index (χ3v) is 11.1. The molecule has 0 amide bonds. The Bertz CT molecular complexity index is 2590. The van der Waals surface area contributed by atoms with E-state index >= 15 is 0 Å². The van der Waals surface area contributed by atoms with Crippen molar-refractivity contribution in [2.75, 3.05) is 0 Å². The number of thiocarbonyl (C=S) groups is 2. The van der Waals surface area contributed by atoms with Crippen LogP contribution < -0.4 is 0 Å². The second kappa shape index (κ2) is 11.8. The van der Waals surface area contributed by atoms with Crippen LogP contribution in [0.15, 0.2) is 152 Å². The Kier molecular flexibility index (Phi) is 7.16. The molecule has 3 nitrogen and oxygen atoms in total. The van der Waals surface area contributed by atoms with Crippen molar-refractivity contribution in [1.29, 1.82) is 0 Å². The van der Waals surface area contributed by atoms with Gasteiger partial charge in [0, 0.05) is 39.2 Å². The average Bonchev–Trinajstić information content (AvgIpc) is 3.63. The first-order valence-electron chi connectivity index (χ1n) is 16.7. The van der Waals surface area contributed by atoms with Crippen LogP contribution in [0.5, 0.6) is 0 Å². The molecule has 238 valence electrons. The zero-order chi connectivity index (χ0) is 34.0. The van der Waals surface area contributed by atoms with Gasteiger partial charge in [-0.05, 0) is 69.8 Å². The van der Waals surface area contributed by atoms with E-state index in [9.17, 15) is 0 Å². The van der Waals surface area contributed by atoms with E-state index in [1.807, 2.05) is 36.5 Å². The van der Waals surface area contributed by atoms with Crippen molar-refractivity contribution in [3.8, 4) is 39.5 Å². The highest BCUT2D eigenvalue weighted by Gasteiger charge is 2.35. The second-order valence-electron chi connectivity index (χ2n) is 13.3. The number of nitrogens with zero attached hydrogens (tertiary/aromatic N) is 3. The van der Waals surface area contributed by atoms with E-state index in [1.54, 1.807) is 0 Å². The minimum absolute atomic E-state index is 0.0684. The number of aromatic nitrogens is 3. The van der Waals surface area contributed by atoms with Crippen LogP contribution in [0.1, 0.15) is 36.1 Å². The van der Waals surface area contributed by atoms with Gasteiger partial charge in [-0.1, -0.05) is 147 Å². The van der Waals surface area contributed by atoms with E-state index in [1.165, 1.54) is 44.1 Å². The molecule has 0 radical (unpaired) electrons. The van der Waals surface area contributed by atoms with Gasteiger partial charge in [-0.15, -0.1) is 0 Å². The van der Waals surface area contributed by atoms with Crippen LogP contribution in [0.2, 0.25) is 0 Å². The molecule has 5 heteroatoms. The number of hydrogen-bond acceptors (Lipinski definition) is 4. The summed E-state index contributed by atoms with van der Waals surface area (Å²) in [4.78, 5) is 10.9. The van der Waals surface area contributed by atoms with Crippen LogP contribution in [-0.4, -0.2) is 24.3 Å². The average molecular weight is 678 g/mol. The van der Waals surface area contributed by atoms with Crippen LogP contribution >= 0.6 is 24.4 Å². The number of hydrogen-bond donors (Lipinski definition) is 0. The Labute approximate surface area is 301 Å². The van der Waals surface area contributed by atoms with E-state index in [-0.39, 0.29) is 5.41 Å². The highest BCUT2D eigenvalue weighted by molar-refractivity contribution is 7.90. The molecule has 0 saturated heterocycles. The van der Waals surface area contributed by atoms with Crippen LogP contribution in [0.3, 0.4) is 0 Å². The van der Waals surface area contributed by atoms with Crippen LogP contribution in [0.25, 0.3) is 61.3 Å². The first kappa shape index (κ1) is 30.4. The molecule has 0 N–H and O–H groups in total. The Morgan fingerprint density at radius 3 is 1.80 bits per heavy atom. The van der Waals surface area contributed by atoms with E-state index < -0.39 is 0 Å². The summed E-state index contributed by atoms with van der Waals surface area (Å²) >= 11 is 11.8. The Morgan fingerprint density at radius 1 is 0.560 bits per heavy atom. The Morgan fingerprint density at radius 2 is 1.12 bits per heavy atom. The van der Waals surface area contributed by atoms with Crippen molar-refractivity contribution in [3.63, 3.8) is 0 Å². The van der Waals surface area contributed by atoms with Gasteiger partial charge in [-0.25, -0.2) is 9.97 Å². The number of para-hydroxylation sites is 2. The SMILES string of the molecule is CC1(C)c2ccccc2-c2ccc(-c3ccnc(-c4ccc(C(=S)C(=S)c5ccc(-n6c7ccccc7c7ccccc76)cc5)cc4)n3)cc21. The third kappa shape index (κ3) is 4.85. The highest BCUT2D eigenvalue weighted by atomic mass is 32.1. The number of fused-ring (bicyclic) bond motifs is 6. The van der Waals surface area contributed by atoms with Crippen molar-refractivity contribution in [2.24, 2.45) is 0 Å². The predicted octanol–water partition coefficient (Wildman–Crippen LogP) is 11.4. The van der Waals surface area contributed by atoms with Crippen LogP contribution in [0, 0.1) is 0 Å². The molecule has 0 bridgehead atoms. The van der Waals surface area contributed by atoms with Crippen molar-refractivity contribution >= 4 is 56.0 Å². The minimum atomic E-state index is -0.0684. The van der Waals surface area contributed by atoms with Crippen molar-refractivity contribution in [3.05, 3.63) is 174 Å². The van der Waals surface area contributed by atoms with Gasteiger partial charge in [0.15, 0.2) is 5.82 Å². The molecule has 9 rings (SSSR count). The normalized spacial score (nSPS) is 12.9. The summed E-state index contributed by atoms with van der Waals surface area (Å²) in [6, 6.07) is 50.9. The maximum Gasteiger partial charge on any atom is 0.159 e. The van der Waals surface area contributed by atoms with Crippen molar-refractivity contribution in [1.82, 2.24) is 14.5 Å². The van der Waals surface area contributed by atoms with E-state index in [0.717, 1.165) is 33.6 Å². The molecule has 8 aromatic rings. The topological polar surface area (TPSA) is 30.7 Å². The summed E-state index contributed by atoms with van der Waals surface area (Å²) in [5.74, 6) is 0.672. The molecule has 2 aromatic heterocycles. The molecule has 0 atom stereocenters. The molecular weight excluding hydrogens is 647 g/mol. The second-order valence-corrected chi connectivity index (χ2v) is 14.2. The van der Waals surface area contributed by atoms with Crippen molar-refractivity contribution < 1.29 is 0 Å². The summed E-state index contributed by atoms with van der Waals surface area (Å²) < 4.78 is 2.30. The van der Waals surface area contributed by atoms with Gasteiger partial charge in [0.2, 0.25) is 0 Å². The molecule has 0 fully saturated rings. The highest BCUT2D eigenvalue weighted by Crippen LogP contribution is 2.49. The molecule has 1 aliphatic rings. The maximum absolute atomic E-state index is 5.92. The fourth-order valence-corrected chi connectivity index (χ4v) is 8.03. The molecule has 1 aliphatic carbocycles. The lowest BCUT2D eigenvalue weighted by molar-refractivity contribution is 0.660. The van der Waals surface area contributed by atoms with Crippen LogP contribution in [-0.2, 0) is 5.41 Å². The first-order valence-corrected chi connectivity index (χ1v) is 17.6. The molecular formula is C45H31N3S2. The lowest BCUT2D eigenvalue weighted by atomic mass is 9.82. The van der Waals surface area contributed by atoms with Gasteiger partial charge in [-0.2, -0.15) is 0 Å². The molecule has 0 spiro atoms. The summed E-state index contributed by atoms with van der Waals surface area (Å²) in [5.41, 5.74) is 13.4. The standard InChI is InChI=1S/C45H31N3S2/c1-45(2)37-12-6-3-9-33(37)34-24-21-31(27-38(34)45)39-25-26-46-44(47-39)30-17-15-28(16-18-30)42(49)43(50)29-19-22-32(23-20-29)48-40-13-7-4-10-35(40)36-11-5-8-14-41(36)48/h3-27H,1-2H3. The smallest absolute Gasteiger partial charge is 0.159 e. The molecule has 0 saturated carbocycles. The molecule has 0 aliphatic heterocycles. The third-order valence-electron chi connectivity index (χ3n) is 10.1. The van der Waals surface area contributed by atoms with Gasteiger partial charge >= 0.3 is 0 Å². The van der Waals surface area contributed by atoms with Gasteiger partial charge in [0.05, 0.1) is 26.5 Å². The fraction of sp³-hybridized carbons (Fsp3) is 0.0667. The summed E-state index contributed by atoms with van der Waals surface area (Å²) in [5, 5.41) is 2.48. The number of benzene rings is 6. The molecule has 2 heterocycles. The van der Waals surface area contributed by atoms with E-state index in [2.05, 4.69) is 139 Å². The van der Waals surface area contributed by atoms with Gasteiger partial charge in [0.1, 0.15) is 0 Å². The lowest BCUT2D eigenvalue weighted by Gasteiger charge is -2.21. The fourth-order valence-electron chi connectivity index (χ4n) is 7.52. The van der Waals surface area contributed by atoms with E-state index in [0.29, 0.717) is 15.6 Å². The monoisotopic (exact) mass is 677 g/mol. The van der Waals surface area contributed by atoms with E-state index in [4.69, 9.17) is 29.4 Å². The van der Waals surface area contributed by atoms with Gasteiger partial charge in [0.25, 0.3) is 0 Å². The zero-order valence-electron chi connectivity index (χ0n) is 27.6. The largest absolute Gasteiger partial charge is 0.309 e. The quantitative estimate of drug-likeness (QED) is 0.129. The zero-order valence-corrected chi connectivity index (χ0v) is 29.2. The molecule has 0 unspecified atom stereocenters. The maximum atomic E-state index is 5.92. The van der Waals surface area contributed by atoms with Gasteiger partial charge in [-0.3, -0.25) is 0 Å². The van der Waals surface area contributed by atoms with Crippen molar-refractivity contribution in [2.45, 2.75) is 19.3 Å². The Hall–Kier alpha value is -5.62. The number of rotatable bonds is 6.